The van der Waals surface area contributed by atoms with Gasteiger partial charge in [0.25, 0.3) is 0 Å². The third kappa shape index (κ3) is 1.58. The number of rotatable bonds is 0. The van der Waals surface area contributed by atoms with Crippen molar-refractivity contribution in [3.8, 4) is 5.75 Å². The zero-order valence-electron chi connectivity index (χ0n) is 8.55. The van der Waals surface area contributed by atoms with E-state index in [9.17, 15) is 0 Å². The van der Waals surface area contributed by atoms with Gasteiger partial charge in [0, 0.05) is 16.5 Å². The number of ether oxygens (including phenoxy) is 1. The monoisotopic (exact) mass is 267 g/mol. The Hall–Kier alpha value is -0.540. The van der Waals surface area contributed by atoms with E-state index in [-0.39, 0.29) is 5.60 Å². The predicted molar refractivity (Wildman–Crippen MR) is 63.3 cm³/mol. The Morgan fingerprint density at radius 3 is 2.80 bits per heavy atom. The van der Waals surface area contributed by atoms with Crippen LogP contribution in [0.1, 0.15) is 18.4 Å². The van der Waals surface area contributed by atoms with E-state index in [4.69, 9.17) is 4.74 Å². The number of piperidine rings is 1. The molecule has 0 unspecified atom stereocenters. The molecule has 2 heterocycles. The molecule has 3 rings (SSSR count). The fourth-order valence-electron chi connectivity index (χ4n) is 2.56. The maximum absolute atomic E-state index is 6.15. The smallest absolute Gasteiger partial charge is 0.124 e. The summed E-state index contributed by atoms with van der Waals surface area (Å²) in [4.78, 5) is 0. The molecule has 0 amide bonds. The molecule has 0 saturated carbocycles. The van der Waals surface area contributed by atoms with Crippen LogP contribution in [-0.4, -0.2) is 18.7 Å². The van der Waals surface area contributed by atoms with Crippen molar-refractivity contribution in [3.63, 3.8) is 0 Å². The van der Waals surface area contributed by atoms with Gasteiger partial charge < -0.3 is 10.1 Å². The fraction of sp³-hybridized carbons (Fsp3) is 0.500. The van der Waals surface area contributed by atoms with Gasteiger partial charge in [0.05, 0.1) is 0 Å². The minimum atomic E-state index is 0.0808. The Morgan fingerprint density at radius 1 is 1.27 bits per heavy atom. The number of nitrogens with one attached hydrogen (secondary N) is 1. The molecule has 2 aliphatic heterocycles. The van der Waals surface area contributed by atoms with Crippen molar-refractivity contribution in [2.24, 2.45) is 0 Å². The molecule has 0 aliphatic carbocycles. The summed E-state index contributed by atoms with van der Waals surface area (Å²) in [7, 11) is 0. The molecule has 15 heavy (non-hydrogen) atoms. The van der Waals surface area contributed by atoms with Gasteiger partial charge in [-0.15, -0.1) is 0 Å². The summed E-state index contributed by atoms with van der Waals surface area (Å²) in [6, 6.07) is 6.22. The molecule has 2 aliphatic rings. The van der Waals surface area contributed by atoms with E-state index in [0.29, 0.717) is 0 Å². The second-order valence-electron chi connectivity index (χ2n) is 4.43. The normalized spacial score (nSPS) is 22.5. The van der Waals surface area contributed by atoms with Crippen LogP contribution in [0.2, 0.25) is 0 Å². The molecule has 1 aromatic rings. The van der Waals surface area contributed by atoms with Crippen molar-refractivity contribution in [3.05, 3.63) is 28.2 Å². The predicted octanol–water partition coefficient (Wildman–Crippen LogP) is 2.51. The zero-order chi connectivity index (χ0) is 10.3. The summed E-state index contributed by atoms with van der Waals surface area (Å²) < 4.78 is 7.34. The maximum Gasteiger partial charge on any atom is 0.124 e. The van der Waals surface area contributed by atoms with Gasteiger partial charge in [0.15, 0.2) is 0 Å². The highest BCUT2D eigenvalue weighted by atomic mass is 79.9. The Bertz CT molecular complexity index is 385. The first-order valence-electron chi connectivity index (χ1n) is 5.46. The molecule has 0 radical (unpaired) electrons. The molecule has 1 spiro atoms. The Morgan fingerprint density at radius 2 is 2.07 bits per heavy atom. The van der Waals surface area contributed by atoms with E-state index >= 15 is 0 Å². The Kier molecular flexibility index (Phi) is 2.25. The molecule has 80 valence electrons. The van der Waals surface area contributed by atoms with Crippen LogP contribution in [0.3, 0.4) is 0 Å². The third-order valence-electron chi connectivity index (χ3n) is 3.42. The molecule has 0 aromatic heterocycles. The molecule has 1 saturated heterocycles. The molecule has 1 fully saturated rings. The number of hydrogen-bond donors (Lipinski definition) is 1. The van der Waals surface area contributed by atoms with Crippen LogP contribution in [0.25, 0.3) is 0 Å². The van der Waals surface area contributed by atoms with Crippen molar-refractivity contribution in [1.29, 1.82) is 0 Å². The molecular weight excluding hydrogens is 254 g/mol. The molecule has 2 nitrogen and oxygen atoms in total. The molecule has 3 heteroatoms. The second kappa shape index (κ2) is 3.49. The van der Waals surface area contributed by atoms with Gasteiger partial charge in [-0.3, -0.25) is 0 Å². The number of halogens is 1. The van der Waals surface area contributed by atoms with Crippen LogP contribution in [-0.2, 0) is 6.42 Å². The van der Waals surface area contributed by atoms with Crippen molar-refractivity contribution >= 4 is 15.9 Å². The van der Waals surface area contributed by atoms with Gasteiger partial charge >= 0.3 is 0 Å². The van der Waals surface area contributed by atoms with E-state index in [2.05, 4.69) is 33.4 Å². The van der Waals surface area contributed by atoms with Crippen molar-refractivity contribution in [2.45, 2.75) is 24.9 Å². The molecule has 1 aromatic carbocycles. The van der Waals surface area contributed by atoms with Gasteiger partial charge in [0.2, 0.25) is 0 Å². The highest BCUT2D eigenvalue weighted by molar-refractivity contribution is 9.10. The Balaban J connectivity index is 1.94. The van der Waals surface area contributed by atoms with E-state index in [1.54, 1.807) is 0 Å². The lowest BCUT2D eigenvalue weighted by molar-refractivity contribution is 0.0600. The summed E-state index contributed by atoms with van der Waals surface area (Å²) in [6.07, 6.45) is 3.30. The van der Waals surface area contributed by atoms with Crippen LogP contribution < -0.4 is 10.1 Å². The zero-order valence-corrected chi connectivity index (χ0v) is 10.1. The summed E-state index contributed by atoms with van der Waals surface area (Å²) in [5, 5.41) is 3.39. The summed E-state index contributed by atoms with van der Waals surface area (Å²) in [5.41, 5.74) is 1.43. The van der Waals surface area contributed by atoms with Crippen molar-refractivity contribution < 1.29 is 4.74 Å². The first kappa shape index (κ1) is 9.67. The quantitative estimate of drug-likeness (QED) is 0.780. The number of hydrogen-bond acceptors (Lipinski definition) is 2. The topological polar surface area (TPSA) is 21.3 Å². The van der Waals surface area contributed by atoms with Crippen LogP contribution in [0.15, 0.2) is 22.7 Å². The summed E-state index contributed by atoms with van der Waals surface area (Å²) >= 11 is 3.60. The Labute approximate surface area is 98.1 Å². The van der Waals surface area contributed by atoms with Crippen LogP contribution in [0, 0.1) is 0 Å². The molecule has 0 atom stereocenters. The lowest BCUT2D eigenvalue weighted by atomic mass is 9.88. The molecule has 1 N–H and O–H groups in total. The maximum atomic E-state index is 6.15. The first-order chi connectivity index (χ1) is 7.29. The van der Waals surface area contributed by atoms with Crippen molar-refractivity contribution in [1.82, 2.24) is 5.32 Å². The lowest BCUT2D eigenvalue weighted by Crippen LogP contribution is -2.45. The van der Waals surface area contributed by atoms with E-state index in [1.165, 1.54) is 10.0 Å². The minimum Gasteiger partial charge on any atom is -0.487 e. The summed E-state index contributed by atoms with van der Waals surface area (Å²) in [6.45, 7) is 2.15. The minimum absolute atomic E-state index is 0.0808. The second-order valence-corrected chi connectivity index (χ2v) is 5.28. The standard InChI is InChI=1S/C12H14BrNO/c13-10-2-1-3-11-9(10)8-12(15-11)4-6-14-7-5-12/h1-3,14H,4-8H2. The highest BCUT2D eigenvalue weighted by Gasteiger charge is 2.40. The van der Waals surface area contributed by atoms with Gasteiger partial charge in [-0.05, 0) is 38.1 Å². The number of benzene rings is 1. The van der Waals surface area contributed by atoms with E-state index < -0.39 is 0 Å². The van der Waals surface area contributed by atoms with Crippen molar-refractivity contribution in [2.75, 3.05) is 13.1 Å². The lowest BCUT2D eigenvalue weighted by Gasteiger charge is -2.33. The van der Waals surface area contributed by atoms with Gasteiger partial charge in [-0.1, -0.05) is 22.0 Å². The average molecular weight is 268 g/mol. The van der Waals surface area contributed by atoms with Crippen LogP contribution in [0.5, 0.6) is 5.75 Å². The third-order valence-corrected chi connectivity index (χ3v) is 4.16. The SMILES string of the molecule is Brc1cccc2c1CC1(CCNCC1)O2. The van der Waals surface area contributed by atoms with Gasteiger partial charge in [-0.2, -0.15) is 0 Å². The first-order valence-corrected chi connectivity index (χ1v) is 6.26. The van der Waals surface area contributed by atoms with E-state index in [1.807, 2.05) is 6.07 Å². The highest BCUT2D eigenvalue weighted by Crippen LogP contribution is 2.42. The van der Waals surface area contributed by atoms with Crippen LogP contribution in [0.4, 0.5) is 0 Å². The number of fused-ring (bicyclic) bond motifs is 1. The fourth-order valence-corrected chi connectivity index (χ4v) is 3.05. The van der Waals surface area contributed by atoms with Crippen LogP contribution >= 0.6 is 15.9 Å². The van der Waals surface area contributed by atoms with Gasteiger partial charge in [0.1, 0.15) is 11.4 Å². The largest absolute Gasteiger partial charge is 0.487 e. The average Bonchev–Trinajstić information content (AvgIpc) is 2.59. The molecular formula is C12H14BrNO. The van der Waals surface area contributed by atoms with Gasteiger partial charge in [-0.25, -0.2) is 0 Å². The summed E-state index contributed by atoms with van der Waals surface area (Å²) in [5.74, 6) is 1.08. The molecule has 0 bridgehead atoms. The van der Waals surface area contributed by atoms with E-state index in [0.717, 1.165) is 38.1 Å².